The quantitative estimate of drug-likeness (QED) is 0.723. The molecular weight excluding hydrogens is 230 g/mol. The number of hydrogen-bond acceptors (Lipinski definition) is 3. The largest absolute Gasteiger partial charge is 0.359 e. The van der Waals surface area contributed by atoms with Crippen molar-refractivity contribution < 1.29 is 9.59 Å². The zero-order chi connectivity index (χ0) is 11.3. The van der Waals surface area contributed by atoms with E-state index in [1.54, 1.807) is 7.05 Å². The fraction of sp³-hybridized carbons (Fsp3) is 0.800. The molecule has 0 bridgehead atoms. The molecule has 1 rings (SSSR count). The van der Waals surface area contributed by atoms with Gasteiger partial charge in [0, 0.05) is 26.7 Å². The van der Waals surface area contributed by atoms with E-state index in [0.717, 1.165) is 26.1 Å². The lowest BCUT2D eigenvalue weighted by Crippen LogP contribution is -2.56. The molecule has 1 unspecified atom stereocenters. The van der Waals surface area contributed by atoms with Crippen LogP contribution in [0.1, 0.15) is 19.8 Å². The van der Waals surface area contributed by atoms with Crippen molar-refractivity contribution in [2.75, 3.05) is 26.7 Å². The number of hydrogen-bond donors (Lipinski definition) is 2. The summed E-state index contributed by atoms with van der Waals surface area (Å²) in [5.74, 6) is -0.0501. The maximum Gasteiger partial charge on any atom is 0.240 e. The van der Waals surface area contributed by atoms with Gasteiger partial charge >= 0.3 is 0 Å². The number of amides is 2. The van der Waals surface area contributed by atoms with Gasteiger partial charge in [0.2, 0.25) is 11.8 Å². The van der Waals surface area contributed by atoms with Crippen LogP contribution in [0.5, 0.6) is 0 Å². The van der Waals surface area contributed by atoms with E-state index in [1.165, 1.54) is 0 Å². The molecule has 1 aliphatic heterocycles. The Labute approximate surface area is 102 Å². The summed E-state index contributed by atoms with van der Waals surface area (Å²) in [6.07, 6.45) is 1.19. The molecule has 1 fully saturated rings. The fourth-order valence-electron chi connectivity index (χ4n) is 1.73. The molecule has 0 aromatic heterocycles. The number of carbonyl (C=O) groups is 2. The summed E-state index contributed by atoms with van der Waals surface area (Å²) in [6, 6.07) is -0.342. The highest BCUT2D eigenvalue weighted by Crippen LogP contribution is 2.05. The van der Waals surface area contributed by atoms with E-state index in [2.05, 4.69) is 10.6 Å². The van der Waals surface area contributed by atoms with Crippen molar-refractivity contribution in [2.24, 2.45) is 0 Å². The fourth-order valence-corrected chi connectivity index (χ4v) is 1.73. The van der Waals surface area contributed by atoms with Crippen molar-refractivity contribution >= 4 is 24.2 Å². The smallest absolute Gasteiger partial charge is 0.240 e. The van der Waals surface area contributed by atoms with Crippen LogP contribution in [-0.4, -0.2) is 49.4 Å². The lowest BCUT2D eigenvalue weighted by molar-refractivity contribution is -0.138. The number of piperazine rings is 1. The molecule has 1 saturated heterocycles. The Bertz CT molecular complexity index is 246. The summed E-state index contributed by atoms with van der Waals surface area (Å²) in [5.41, 5.74) is 0. The van der Waals surface area contributed by atoms with E-state index in [4.69, 9.17) is 0 Å². The van der Waals surface area contributed by atoms with Crippen LogP contribution in [-0.2, 0) is 9.59 Å². The number of halogens is 1. The minimum absolute atomic E-state index is 0. The maximum atomic E-state index is 11.9. The minimum atomic E-state index is -0.342. The Morgan fingerprint density at radius 1 is 1.62 bits per heavy atom. The van der Waals surface area contributed by atoms with E-state index in [9.17, 15) is 9.59 Å². The van der Waals surface area contributed by atoms with E-state index in [1.807, 2.05) is 11.8 Å². The Kier molecular flexibility index (Phi) is 7.08. The second-order valence-corrected chi connectivity index (χ2v) is 3.71. The first kappa shape index (κ1) is 15.2. The normalized spacial score (nSPS) is 20.2. The highest BCUT2D eigenvalue weighted by molar-refractivity contribution is 5.88. The zero-order valence-corrected chi connectivity index (χ0v) is 10.6. The van der Waals surface area contributed by atoms with Gasteiger partial charge in [0.15, 0.2) is 0 Å². The summed E-state index contributed by atoms with van der Waals surface area (Å²) in [6.45, 7) is 4.35. The van der Waals surface area contributed by atoms with Crippen molar-refractivity contribution in [3.63, 3.8) is 0 Å². The predicted octanol–water partition coefficient (Wildman–Crippen LogP) is -0.245. The van der Waals surface area contributed by atoms with Crippen molar-refractivity contribution in [3.05, 3.63) is 0 Å². The Morgan fingerprint density at radius 3 is 2.88 bits per heavy atom. The highest BCUT2D eigenvalue weighted by atomic mass is 35.5. The van der Waals surface area contributed by atoms with E-state index in [-0.39, 0.29) is 36.7 Å². The number of nitrogens with one attached hydrogen (secondary N) is 2. The second-order valence-electron chi connectivity index (χ2n) is 3.71. The number of rotatable bonds is 4. The second kappa shape index (κ2) is 7.46. The predicted molar refractivity (Wildman–Crippen MR) is 64.6 cm³/mol. The van der Waals surface area contributed by atoms with Crippen molar-refractivity contribution in [2.45, 2.75) is 25.8 Å². The molecule has 0 aliphatic carbocycles. The number of carbonyl (C=O) groups excluding carboxylic acids is 2. The van der Waals surface area contributed by atoms with Gasteiger partial charge in [-0.25, -0.2) is 0 Å². The van der Waals surface area contributed by atoms with Gasteiger partial charge < -0.3 is 15.5 Å². The van der Waals surface area contributed by atoms with Crippen LogP contribution < -0.4 is 10.6 Å². The summed E-state index contributed by atoms with van der Waals surface area (Å²) < 4.78 is 0. The van der Waals surface area contributed by atoms with Gasteiger partial charge in [-0.2, -0.15) is 0 Å². The molecule has 1 atom stereocenters. The molecule has 2 N–H and O–H groups in total. The van der Waals surface area contributed by atoms with Crippen LogP contribution in [0, 0.1) is 0 Å². The molecule has 0 spiro atoms. The SMILES string of the molecule is CCCN1CCNC(CC(=O)NC)C1=O.Cl. The molecule has 0 radical (unpaired) electrons. The summed E-state index contributed by atoms with van der Waals surface area (Å²) in [5, 5.41) is 5.60. The lowest BCUT2D eigenvalue weighted by atomic mass is 10.1. The molecule has 94 valence electrons. The average Bonchev–Trinajstić information content (AvgIpc) is 2.24. The molecule has 0 aromatic carbocycles. The van der Waals surface area contributed by atoms with Crippen LogP contribution in [0.15, 0.2) is 0 Å². The first-order valence-electron chi connectivity index (χ1n) is 5.41. The standard InChI is InChI=1S/C10H19N3O2.ClH/c1-3-5-13-6-4-12-8(10(13)15)7-9(14)11-2;/h8,12H,3-7H2,1-2H3,(H,11,14);1H. The van der Waals surface area contributed by atoms with Gasteiger partial charge in [0.25, 0.3) is 0 Å². The van der Waals surface area contributed by atoms with Crippen molar-refractivity contribution in [1.29, 1.82) is 0 Å². The third-order valence-electron chi connectivity index (χ3n) is 2.54. The molecule has 5 nitrogen and oxygen atoms in total. The van der Waals surface area contributed by atoms with Crippen LogP contribution in [0.4, 0.5) is 0 Å². The Morgan fingerprint density at radius 2 is 2.31 bits per heavy atom. The molecule has 6 heteroatoms. The zero-order valence-electron chi connectivity index (χ0n) is 9.78. The third-order valence-corrected chi connectivity index (χ3v) is 2.54. The van der Waals surface area contributed by atoms with E-state index in [0.29, 0.717) is 0 Å². The summed E-state index contributed by atoms with van der Waals surface area (Å²) >= 11 is 0. The molecule has 0 saturated carbocycles. The van der Waals surface area contributed by atoms with Gasteiger partial charge in [-0.05, 0) is 6.42 Å². The van der Waals surface area contributed by atoms with Crippen LogP contribution in [0.3, 0.4) is 0 Å². The number of nitrogens with zero attached hydrogens (tertiary/aromatic N) is 1. The van der Waals surface area contributed by atoms with Gasteiger partial charge in [-0.15, -0.1) is 12.4 Å². The van der Waals surface area contributed by atoms with Gasteiger partial charge in [-0.1, -0.05) is 6.92 Å². The molecule has 2 amide bonds. The van der Waals surface area contributed by atoms with E-state index >= 15 is 0 Å². The van der Waals surface area contributed by atoms with E-state index < -0.39 is 0 Å². The van der Waals surface area contributed by atoms with Gasteiger partial charge in [0.1, 0.15) is 0 Å². The summed E-state index contributed by atoms with van der Waals surface area (Å²) in [7, 11) is 1.58. The van der Waals surface area contributed by atoms with Gasteiger partial charge in [-0.3, -0.25) is 9.59 Å². The Hall–Kier alpha value is -0.810. The molecular formula is C10H20ClN3O2. The average molecular weight is 250 g/mol. The topological polar surface area (TPSA) is 61.4 Å². The van der Waals surface area contributed by atoms with Crippen LogP contribution in [0.25, 0.3) is 0 Å². The lowest BCUT2D eigenvalue weighted by Gasteiger charge is -2.32. The molecule has 1 aliphatic rings. The van der Waals surface area contributed by atoms with Crippen molar-refractivity contribution in [1.82, 2.24) is 15.5 Å². The minimum Gasteiger partial charge on any atom is -0.359 e. The van der Waals surface area contributed by atoms with Crippen LogP contribution in [0.2, 0.25) is 0 Å². The molecule has 16 heavy (non-hydrogen) atoms. The van der Waals surface area contributed by atoms with Crippen molar-refractivity contribution in [3.8, 4) is 0 Å². The molecule has 0 aromatic rings. The monoisotopic (exact) mass is 249 g/mol. The molecule has 1 heterocycles. The third kappa shape index (κ3) is 3.98. The Balaban J connectivity index is 0.00000225. The first-order chi connectivity index (χ1) is 7.19. The summed E-state index contributed by atoms with van der Waals surface area (Å²) in [4.78, 5) is 24.8. The highest BCUT2D eigenvalue weighted by Gasteiger charge is 2.28. The van der Waals surface area contributed by atoms with Gasteiger partial charge in [0.05, 0.1) is 12.5 Å². The van der Waals surface area contributed by atoms with Crippen LogP contribution >= 0.6 is 12.4 Å². The first-order valence-corrected chi connectivity index (χ1v) is 5.41. The maximum absolute atomic E-state index is 11.9.